The maximum atomic E-state index is 5.85. The molecule has 1 heterocycles. The molecule has 0 unspecified atom stereocenters. The van der Waals surface area contributed by atoms with Crippen molar-refractivity contribution >= 4 is 17.4 Å². The summed E-state index contributed by atoms with van der Waals surface area (Å²) in [6.07, 6.45) is 1.78. The number of hydrogen-bond donors (Lipinski definition) is 0. The topological polar surface area (TPSA) is 29.0 Å². The zero-order valence-corrected chi connectivity index (χ0v) is 11.4. The van der Waals surface area contributed by atoms with E-state index in [0.717, 1.165) is 17.9 Å². The minimum absolute atomic E-state index is 0.315. The lowest BCUT2D eigenvalue weighted by Crippen LogP contribution is -2.35. The molecule has 0 N–H and O–H groups in total. The van der Waals surface area contributed by atoms with E-state index in [2.05, 4.69) is 42.6 Å². The van der Waals surface area contributed by atoms with Crippen molar-refractivity contribution in [1.29, 1.82) is 0 Å². The van der Waals surface area contributed by atoms with Crippen LogP contribution in [0.3, 0.4) is 0 Å². The number of nitrogens with zero attached hydrogens (tertiary/aromatic N) is 3. The van der Waals surface area contributed by atoms with Crippen LogP contribution in [0.2, 0.25) is 5.28 Å². The number of aryl methyl sites for hydroxylation is 1. The number of aromatic nitrogens is 2. The summed E-state index contributed by atoms with van der Waals surface area (Å²) < 4.78 is 0. The minimum Gasteiger partial charge on any atom is -0.354 e. The smallest absolute Gasteiger partial charge is 0.224 e. The van der Waals surface area contributed by atoms with Gasteiger partial charge in [0.25, 0.3) is 0 Å². The van der Waals surface area contributed by atoms with Crippen LogP contribution in [0.25, 0.3) is 0 Å². The molecule has 0 aliphatic heterocycles. The van der Waals surface area contributed by atoms with E-state index in [0.29, 0.717) is 17.2 Å². The molecule has 3 nitrogen and oxygen atoms in total. The number of hydrogen-bond acceptors (Lipinski definition) is 3. The lowest BCUT2D eigenvalue weighted by Gasteiger charge is -2.30. The Morgan fingerprint density at radius 1 is 1.31 bits per heavy atom. The van der Waals surface area contributed by atoms with Crippen LogP contribution in [0, 0.1) is 12.8 Å². The van der Waals surface area contributed by atoms with Crippen molar-refractivity contribution in [3.05, 3.63) is 17.0 Å². The number of anilines is 1. The van der Waals surface area contributed by atoms with Gasteiger partial charge in [-0.2, -0.15) is 0 Å². The van der Waals surface area contributed by atoms with E-state index in [-0.39, 0.29) is 0 Å². The normalized spacial score (nSPS) is 11.2. The molecule has 0 bridgehead atoms. The van der Waals surface area contributed by atoms with Crippen molar-refractivity contribution < 1.29 is 0 Å². The Morgan fingerprint density at radius 2 is 1.94 bits per heavy atom. The van der Waals surface area contributed by atoms with Crippen molar-refractivity contribution in [2.45, 2.75) is 40.7 Å². The van der Waals surface area contributed by atoms with Crippen LogP contribution in [0.5, 0.6) is 0 Å². The second-order valence-corrected chi connectivity index (χ2v) is 5.12. The highest BCUT2D eigenvalue weighted by atomic mass is 35.5. The van der Waals surface area contributed by atoms with E-state index in [4.69, 9.17) is 11.6 Å². The summed E-state index contributed by atoms with van der Waals surface area (Å²) in [6, 6.07) is 0.409. The average molecular weight is 242 g/mol. The Hall–Kier alpha value is -0.830. The predicted octanol–water partition coefficient (Wildman–Crippen LogP) is 3.31. The summed E-state index contributed by atoms with van der Waals surface area (Å²) >= 11 is 5.85. The Bertz CT molecular complexity index is 350. The summed E-state index contributed by atoms with van der Waals surface area (Å²) in [5, 5.41) is 0.315. The molecule has 0 aromatic carbocycles. The van der Waals surface area contributed by atoms with Gasteiger partial charge in [0.2, 0.25) is 5.28 Å². The van der Waals surface area contributed by atoms with E-state index < -0.39 is 0 Å². The van der Waals surface area contributed by atoms with Crippen LogP contribution in [-0.2, 0) is 0 Å². The third kappa shape index (κ3) is 3.34. The third-order valence-corrected chi connectivity index (χ3v) is 2.55. The standard InChI is InChI=1S/C12H20ClN3/c1-8(2)7-16(9(3)4)11-10(5)6-14-12(13)15-11/h6,8-9H,7H2,1-5H3. The molecule has 1 aromatic heterocycles. The van der Waals surface area contributed by atoms with Crippen molar-refractivity contribution in [3.63, 3.8) is 0 Å². The van der Waals surface area contributed by atoms with Crippen LogP contribution in [0.4, 0.5) is 5.82 Å². The van der Waals surface area contributed by atoms with Crippen molar-refractivity contribution in [2.24, 2.45) is 5.92 Å². The lowest BCUT2D eigenvalue weighted by atomic mass is 10.1. The molecule has 0 atom stereocenters. The van der Waals surface area contributed by atoms with Crippen LogP contribution >= 0.6 is 11.6 Å². The Labute approximate surface area is 103 Å². The highest BCUT2D eigenvalue weighted by Gasteiger charge is 2.16. The van der Waals surface area contributed by atoms with Gasteiger partial charge in [-0.25, -0.2) is 9.97 Å². The van der Waals surface area contributed by atoms with E-state index >= 15 is 0 Å². The van der Waals surface area contributed by atoms with Crippen LogP contribution < -0.4 is 4.90 Å². The first-order valence-corrected chi connectivity index (χ1v) is 6.05. The van der Waals surface area contributed by atoms with Crippen LogP contribution in [0.15, 0.2) is 6.20 Å². The van der Waals surface area contributed by atoms with Gasteiger partial charge in [0.05, 0.1) is 0 Å². The summed E-state index contributed by atoms with van der Waals surface area (Å²) in [6.45, 7) is 11.7. The zero-order chi connectivity index (χ0) is 12.3. The van der Waals surface area contributed by atoms with Gasteiger partial charge in [-0.05, 0) is 38.3 Å². The summed E-state index contributed by atoms with van der Waals surface area (Å²) in [5.41, 5.74) is 1.07. The van der Waals surface area contributed by atoms with Gasteiger partial charge in [-0.15, -0.1) is 0 Å². The molecule has 90 valence electrons. The summed E-state index contributed by atoms with van der Waals surface area (Å²) in [5.74, 6) is 1.54. The number of rotatable bonds is 4. The Kier molecular flexibility index (Phi) is 4.54. The first kappa shape index (κ1) is 13.2. The Balaban J connectivity index is 3.05. The van der Waals surface area contributed by atoms with E-state index in [1.807, 2.05) is 6.92 Å². The molecular weight excluding hydrogens is 222 g/mol. The van der Waals surface area contributed by atoms with Gasteiger partial charge < -0.3 is 4.90 Å². The molecule has 4 heteroatoms. The predicted molar refractivity (Wildman–Crippen MR) is 69.1 cm³/mol. The van der Waals surface area contributed by atoms with Crippen molar-refractivity contribution in [2.75, 3.05) is 11.4 Å². The van der Waals surface area contributed by atoms with E-state index in [1.54, 1.807) is 6.20 Å². The maximum absolute atomic E-state index is 5.85. The first-order valence-electron chi connectivity index (χ1n) is 5.67. The molecule has 0 amide bonds. The van der Waals surface area contributed by atoms with Crippen LogP contribution in [0.1, 0.15) is 33.3 Å². The fourth-order valence-electron chi connectivity index (χ4n) is 1.64. The highest BCUT2D eigenvalue weighted by Crippen LogP contribution is 2.21. The lowest BCUT2D eigenvalue weighted by molar-refractivity contribution is 0.564. The quantitative estimate of drug-likeness (QED) is 0.758. The SMILES string of the molecule is Cc1cnc(Cl)nc1N(CC(C)C)C(C)C. The molecule has 0 radical (unpaired) electrons. The first-order chi connectivity index (χ1) is 7.41. The largest absolute Gasteiger partial charge is 0.354 e. The second-order valence-electron chi connectivity index (χ2n) is 4.79. The average Bonchev–Trinajstić information content (AvgIpc) is 2.18. The van der Waals surface area contributed by atoms with Gasteiger partial charge in [0.1, 0.15) is 5.82 Å². The summed E-state index contributed by atoms with van der Waals surface area (Å²) in [4.78, 5) is 10.6. The van der Waals surface area contributed by atoms with E-state index in [9.17, 15) is 0 Å². The van der Waals surface area contributed by atoms with E-state index in [1.165, 1.54) is 0 Å². The molecule has 0 spiro atoms. The molecule has 0 aliphatic carbocycles. The molecule has 1 rings (SSSR count). The monoisotopic (exact) mass is 241 g/mol. The highest BCUT2D eigenvalue weighted by molar-refractivity contribution is 6.28. The fraction of sp³-hybridized carbons (Fsp3) is 0.667. The molecule has 0 saturated carbocycles. The molecule has 0 saturated heterocycles. The van der Waals surface area contributed by atoms with Crippen molar-refractivity contribution in [3.8, 4) is 0 Å². The number of halogens is 1. The van der Waals surface area contributed by atoms with Crippen molar-refractivity contribution in [1.82, 2.24) is 9.97 Å². The van der Waals surface area contributed by atoms with Gasteiger partial charge in [-0.3, -0.25) is 0 Å². The second kappa shape index (κ2) is 5.48. The van der Waals surface area contributed by atoms with Gasteiger partial charge in [0.15, 0.2) is 0 Å². The van der Waals surface area contributed by atoms with Gasteiger partial charge >= 0.3 is 0 Å². The molecule has 0 aliphatic rings. The molecular formula is C12H20ClN3. The summed E-state index contributed by atoms with van der Waals surface area (Å²) in [7, 11) is 0. The Morgan fingerprint density at radius 3 is 2.44 bits per heavy atom. The minimum atomic E-state index is 0.315. The maximum Gasteiger partial charge on any atom is 0.224 e. The third-order valence-electron chi connectivity index (χ3n) is 2.37. The molecule has 1 aromatic rings. The molecule has 16 heavy (non-hydrogen) atoms. The molecule has 0 fully saturated rings. The zero-order valence-electron chi connectivity index (χ0n) is 10.7. The van der Waals surface area contributed by atoms with Gasteiger partial charge in [0, 0.05) is 24.3 Å². The van der Waals surface area contributed by atoms with Crippen LogP contribution in [-0.4, -0.2) is 22.6 Å². The fourth-order valence-corrected chi connectivity index (χ4v) is 1.77. The van der Waals surface area contributed by atoms with Gasteiger partial charge in [-0.1, -0.05) is 13.8 Å².